The molecule has 0 atom stereocenters. The molecule has 1 N–H and O–H groups in total. The number of carbonyl (C=O) groups excluding carboxylic acids is 1. The second kappa shape index (κ2) is 7.27. The molecule has 1 heterocycles. The molecule has 4 fully saturated rings. The summed E-state index contributed by atoms with van der Waals surface area (Å²) in [5.74, 6) is 4.45. The van der Waals surface area contributed by atoms with E-state index < -0.39 is 0 Å². The van der Waals surface area contributed by atoms with Crippen LogP contribution in [0.3, 0.4) is 0 Å². The molecule has 0 radical (unpaired) electrons. The van der Waals surface area contributed by atoms with Gasteiger partial charge < -0.3 is 9.73 Å². The molecular weight excluding hydrogens is 393 g/mol. The van der Waals surface area contributed by atoms with Crippen LogP contribution < -0.4 is 5.32 Å². The third-order valence-corrected chi connectivity index (χ3v) is 7.14. The molecule has 28 heavy (non-hydrogen) atoms. The maximum absolute atomic E-state index is 12.5. The normalized spacial score (nSPS) is 30.9. The highest BCUT2D eigenvalue weighted by molar-refractivity contribution is 6.35. The first-order valence-electron chi connectivity index (χ1n) is 10.1. The van der Waals surface area contributed by atoms with E-state index in [0.29, 0.717) is 39.4 Å². The fourth-order valence-electron chi connectivity index (χ4n) is 5.82. The maximum Gasteiger partial charge on any atom is 0.244 e. The topological polar surface area (TPSA) is 42.2 Å². The molecule has 2 aromatic rings. The Morgan fingerprint density at radius 2 is 1.61 bits per heavy atom. The molecule has 146 valence electrons. The van der Waals surface area contributed by atoms with Gasteiger partial charge in [0.1, 0.15) is 11.5 Å². The number of hydrogen-bond acceptors (Lipinski definition) is 2. The lowest BCUT2D eigenvalue weighted by atomic mass is 9.54. The molecule has 4 saturated carbocycles. The summed E-state index contributed by atoms with van der Waals surface area (Å²) in [5.41, 5.74) is 0.815. The molecule has 0 unspecified atom stereocenters. The first-order chi connectivity index (χ1) is 13.5. The number of furan rings is 1. The van der Waals surface area contributed by atoms with E-state index in [0.717, 1.165) is 17.4 Å². The monoisotopic (exact) mass is 415 g/mol. The molecule has 0 spiro atoms. The van der Waals surface area contributed by atoms with Crippen molar-refractivity contribution in [3.05, 3.63) is 52.2 Å². The summed E-state index contributed by atoms with van der Waals surface area (Å²) in [6, 6.07) is 9.35. The molecule has 0 aliphatic heterocycles. The van der Waals surface area contributed by atoms with Crippen LogP contribution in [-0.4, -0.2) is 11.9 Å². The SMILES string of the molecule is O=C(/C=C/c1ccc(-c2cc(Cl)cc(Cl)c2)o1)NC1C2CC3CC(C2)CC1C3. The minimum Gasteiger partial charge on any atom is -0.457 e. The van der Waals surface area contributed by atoms with Crippen LogP contribution in [0.1, 0.15) is 37.9 Å². The van der Waals surface area contributed by atoms with Crippen LogP contribution in [0.2, 0.25) is 10.0 Å². The van der Waals surface area contributed by atoms with Crippen molar-refractivity contribution >= 4 is 35.2 Å². The molecule has 6 rings (SSSR count). The van der Waals surface area contributed by atoms with E-state index in [-0.39, 0.29) is 5.91 Å². The lowest BCUT2D eigenvalue weighted by molar-refractivity contribution is -0.120. The van der Waals surface area contributed by atoms with Gasteiger partial charge in [-0.1, -0.05) is 23.2 Å². The number of benzene rings is 1. The summed E-state index contributed by atoms with van der Waals surface area (Å²) in [6.07, 6.45) is 9.92. The van der Waals surface area contributed by atoms with E-state index in [1.54, 1.807) is 30.4 Å². The Labute approximate surface area is 175 Å². The van der Waals surface area contributed by atoms with Crippen LogP contribution in [0.15, 0.2) is 40.8 Å². The maximum atomic E-state index is 12.5. The second-order valence-corrected chi connectivity index (χ2v) is 9.53. The van der Waals surface area contributed by atoms with E-state index in [2.05, 4.69) is 5.32 Å². The molecular formula is C23H23Cl2NO2. The molecule has 0 saturated heterocycles. The van der Waals surface area contributed by atoms with Gasteiger partial charge >= 0.3 is 0 Å². The molecule has 3 nitrogen and oxygen atoms in total. The summed E-state index contributed by atoms with van der Waals surface area (Å²) in [6.45, 7) is 0. The number of carbonyl (C=O) groups is 1. The highest BCUT2D eigenvalue weighted by Crippen LogP contribution is 2.53. The first kappa shape index (κ1) is 18.3. The molecule has 1 aromatic carbocycles. The lowest BCUT2D eigenvalue weighted by Gasteiger charge is -2.54. The van der Waals surface area contributed by atoms with Gasteiger partial charge in [-0.3, -0.25) is 4.79 Å². The van der Waals surface area contributed by atoms with Crippen LogP contribution in [-0.2, 0) is 4.79 Å². The third kappa shape index (κ3) is 3.62. The number of nitrogens with one attached hydrogen (secondary N) is 1. The predicted octanol–water partition coefficient (Wildman–Crippen LogP) is 6.21. The fraction of sp³-hybridized carbons (Fsp3) is 0.435. The minimum absolute atomic E-state index is 0.0266. The van der Waals surface area contributed by atoms with Gasteiger partial charge in [0.25, 0.3) is 0 Å². The Hall–Kier alpha value is -1.71. The lowest BCUT2D eigenvalue weighted by Crippen LogP contribution is -2.55. The molecule has 4 bridgehead atoms. The first-order valence-corrected chi connectivity index (χ1v) is 10.8. The van der Waals surface area contributed by atoms with E-state index in [4.69, 9.17) is 27.6 Å². The average Bonchev–Trinajstić information content (AvgIpc) is 3.11. The minimum atomic E-state index is -0.0266. The summed E-state index contributed by atoms with van der Waals surface area (Å²) in [5, 5.41) is 4.41. The zero-order chi connectivity index (χ0) is 19.3. The van der Waals surface area contributed by atoms with Gasteiger partial charge in [0.2, 0.25) is 5.91 Å². The van der Waals surface area contributed by atoms with Crippen LogP contribution in [0.25, 0.3) is 17.4 Å². The Kier molecular flexibility index (Phi) is 4.76. The van der Waals surface area contributed by atoms with Crippen LogP contribution in [0.5, 0.6) is 0 Å². The van der Waals surface area contributed by atoms with Gasteiger partial charge in [-0.2, -0.15) is 0 Å². The van der Waals surface area contributed by atoms with Crippen molar-refractivity contribution in [3.63, 3.8) is 0 Å². The smallest absolute Gasteiger partial charge is 0.244 e. The van der Waals surface area contributed by atoms with Gasteiger partial charge in [-0.25, -0.2) is 0 Å². The molecule has 5 heteroatoms. The van der Waals surface area contributed by atoms with E-state index in [9.17, 15) is 4.79 Å². The Balaban J connectivity index is 1.24. The molecule has 1 aromatic heterocycles. The van der Waals surface area contributed by atoms with Crippen molar-refractivity contribution in [1.82, 2.24) is 5.32 Å². The number of halogens is 2. The van der Waals surface area contributed by atoms with E-state index in [1.165, 1.54) is 32.1 Å². The Morgan fingerprint density at radius 1 is 0.964 bits per heavy atom. The largest absolute Gasteiger partial charge is 0.457 e. The Morgan fingerprint density at radius 3 is 2.25 bits per heavy atom. The van der Waals surface area contributed by atoms with Crippen molar-refractivity contribution < 1.29 is 9.21 Å². The van der Waals surface area contributed by atoms with Gasteiger partial charge in [-0.15, -0.1) is 0 Å². The van der Waals surface area contributed by atoms with Crippen molar-refractivity contribution in [2.45, 2.75) is 38.1 Å². The quantitative estimate of drug-likeness (QED) is 0.603. The highest BCUT2D eigenvalue weighted by atomic mass is 35.5. The zero-order valence-electron chi connectivity index (χ0n) is 15.5. The second-order valence-electron chi connectivity index (χ2n) is 8.66. The summed E-state index contributed by atoms with van der Waals surface area (Å²) in [4.78, 5) is 12.5. The van der Waals surface area contributed by atoms with Gasteiger partial charge in [0, 0.05) is 27.7 Å². The molecule has 4 aliphatic carbocycles. The van der Waals surface area contributed by atoms with E-state index in [1.807, 2.05) is 12.1 Å². The zero-order valence-corrected chi connectivity index (χ0v) is 17.0. The van der Waals surface area contributed by atoms with Crippen molar-refractivity contribution in [1.29, 1.82) is 0 Å². The fourth-order valence-corrected chi connectivity index (χ4v) is 6.35. The van der Waals surface area contributed by atoms with Crippen molar-refractivity contribution in [2.24, 2.45) is 23.7 Å². The molecule has 4 aliphatic rings. The number of hydrogen-bond donors (Lipinski definition) is 1. The third-order valence-electron chi connectivity index (χ3n) is 6.71. The van der Waals surface area contributed by atoms with Gasteiger partial charge in [0.15, 0.2) is 0 Å². The van der Waals surface area contributed by atoms with Gasteiger partial charge in [0.05, 0.1) is 0 Å². The number of amides is 1. The van der Waals surface area contributed by atoms with Crippen LogP contribution in [0.4, 0.5) is 0 Å². The summed E-state index contributed by atoms with van der Waals surface area (Å²) in [7, 11) is 0. The van der Waals surface area contributed by atoms with Crippen LogP contribution in [0, 0.1) is 23.7 Å². The number of rotatable bonds is 4. The van der Waals surface area contributed by atoms with Crippen molar-refractivity contribution in [2.75, 3.05) is 0 Å². The van der Waals surface area contributed by atoms with Gasteiger partial charge in [-0.05, 0) is 92.2 Å². The highest BCUT2D eigenvalue weighted by Gasteiger charge is 2.48. The van der Waals surface area contributed by atoms with E-state index >= 15 is 0 Å². The summed E-state index contributed by atoms with van der Waals surface area (Å²) >= 11 is 12.1. The average molecular weight is 416 g/mol. The summed E-state index contributed by atoms with van der Waals surface area (Å²) < 4.78 is 5.83. The predicted molar refractivity (Wildman–Crippen MR) is 112 cm³/mol. The van der Waals surface area contributed by atoms with Crippen LogP contribution >= 0.6 is 23.2 Å². The Bertz CT molecular complexity index is 884. The molecule has 1 amide bonds. The standard InChI is InChI=1S/C23H23Cl2NO2/c24-18-10-15(11-19(25)12-18)21-3-1-20(28-21)2-4-22(27)26-23-16-6-13-5-14(8-16)9-17(23)7-13/h1-4,10-14,16-17,23H,5-9H2,(H,26,27)/b4-2+. The van der Waals surface area contributed by atoms with Crippen molar-refractivity contribution in [3.8, 4) is 11.3 Å².